The van der Waals surface area contributed by atoms with Gasteiger partial charge in [-0.15, -0.1) is 0 Å². The predicted octanol–water partition coefficient (Wildman–Crippen LogP) is 1.51. The molecule has 0 spiro atoms. The van der Waals surface area contributed by atoms with E-state index in [1.54, 1.807) is 39.2 Å². The van der Waals surface area contributed by atoms with Gasteiger partial charge >= 0.3 is 0 Å². The zero-order valence-corrected chi connectivity index (χ0v) is 20.0. The number of nitrogens with zero attached hydrogens (tertiary/aromatic N) is 1. The zero-order valence-electron chi connectivity index (χ0n) is 20.0. The molecule has 0 bridgehead atoms. The molecule has 1 unspecified atom stereocenters. The highest BCUT2D eigenvalue weighted by atomic mass is 16.5. The number of anilines is 1. The second-order valence-corrected chi connectivity index (χ2v) is 7.63. The number of methoxy groups -OCH3 is 1. The number of allylic oxidation sites excluding steroid dienone is 1. The van der Waals surface area contributed by atoms with Crippen LogP contribution >= 0.6 is 0 Å². The lowest BCUT2D eigenvalue weighted by Crippen LogP contribution is -2.45. The molecule has 0 aliphatic heterocycles. The van der Waals surface area contributed by atoms with E-state index < -0.39 is 11.9 Å². The Kier molecular flexibility index (Phi) is 13.5. The average Bonchev–Trinajstić information content (AvgIpc) is 2.81. The molecule has 0 saturated carbocycles. The molecule has 3 N–H and O–H groups in total. The lowest BCUT2D eigenvalue weighted by atomic mass is 10.2. The van der Waals surface area contributed by atoms with Crippen molar-refractivity contribution >= 4 is 35.7 Å². The Hall–Kier alpha value is -3.53. The SMILES string of the molecule is C/C=C\C(=O)N(C=O)CCCCCC(=O)NCC(=O)NC(C)C(=O)Nc1ccc(COC)cc1. The molecular weight excluding hydrogens is 440 g/mol. The van der Waals surface area contributed by atoms with Crippen molar-refractivity contribution in [3.05, 3.63) is 42.0 Å². The van der Waals surface area contributed by atoms with E-state index in [-0.39, 0.29) is 37.2 Å². The molecule has 0 aliphatic rings. The second-order valence-electron chi connectivity index (χ2n) is 7.63. The first-order valence-corrected chi connectivity index (χ1v) is 11.1. The highest BCUT2D eigenvalue weighted by Gasteiger charge is 2.16. The molecule has 186 valence electrons. The molecular formula is C24H34N4O6. The van der Waals surface area contributed by atoms with Crippen LogP contribution < -0.4 is 16.0 Å². The van der Waals surface area contributed by atoms with Gasteiger partial charge in [0.25, 0.3) is 5.91 Å². The smallest absolute Gasteiger partial charge is 0.252 e. The van der Waals surface area contributed by atoms with E-state index in [9.17, 15) is 24.0 Å². The van der Waals surface area contributed by atoms with E-state index >= 15 is 0 Å². The summed E-state index contributed by atoms with van der Waals surface area (Å²) in [5.74, 6) is -1.52. The molecule has 0 aliphatic carbocycles. The zero-order chi connectivity index (χ0) is 25.3. The molecule has 0 heterocycles. The molecule has 34 heavy (non-hydrogen) atoms. The Morgan fingerprint density at radius 3 is 2.38 bits per heavy atom. The van der Waals surface area contributed by atoms with Crippen molar-refractivity contribution in [1.82, 2.24) is 15.5 Å². The van der Waals surface area contributed by atoms with Crippen LogP contribution in [0.2, 0.25) is 0 Å². The molecule has 10 nitrogen and oxygen atoms in total. The minimum Gasteiger partial charge on any atom is -0.380 e. The van der Waals surface area contributed by atoms with E-state index in [1.165, 1.54) is 6.08 Å². The summed E-state index contributed by atoms with van der Waals surface area (Å²) in [7, 11) is 1.60. The summed E-state index contributed by atoms with van der Waals surface area (Å²) in [6.45, 7) is 3.77. The lowest BCUT2D eigenvalue weighted by Gasteiger charge is -2.15. The van der Waals surface area contributed by atoms with Crippen LogP contribution in [0.25, 0.3) is 0 Å². The number of carbonyl (C=O) groups is 5. The van der Waals surface area contributed by atoms with Crippen molar-refractivity contribution < 1.29 is 28.7 Å². The number of carbonyl (C=O) groups excluding carboxylic acids is 5. The van der Waals surface area contributed by atoms with Crippen molar-refractivity contribution in [3.8, 4) is 0 Å². The van der Waals surface area contributed by atoms with Crippen LogP contribution in [0, 0.1) is 0 Å². The fourth-order valence-electron chi connectivity index (χ4n) is 2.92. The molecule has 1 rings (SSSR count). The quantitative estimate of drug-likeness (QED) is 0.200. The third-order valence-electron chi connectivity index (χ3n) is 4.77. The first-order valence-electron chi connectivity index (χ1n) is 11.1. The van der Waals surface area contributed by atoms with Crippen LogP contribution in [-0.4, -0.2) is 61.2 Å². The van der Waals surface area contributed by atoms with E-state index in [0.29, 0.717) is 38.0 Å². The summed E-state index contributed by atoms with van der Waals surface area (Å²) in [6.07, 6.45) is 5.38. The van der Waals surface area contributed by atoms with Gasteiger partial charge in [-0.25, -0.2) is 0 Å². The standard InChI is InChI=1S/C24H34N4O6/c1-4-8-23(32)28(17-29)14-7-5-6-9-21(30)25-15-22(31)26-18(2)24(33)27-20-12-10-19(11-13-20)16-34-3/h4,8,10-13,17-18H,5-7,9,14-16H2,1-3H3,(H,25,30)(H,26,31)(H,27,33)/b8-4-. The topological polar surface area (TPSA) is 134 Å². The molecule has 0 fully saturated rings. The Balaban J connectivity index is 2.24. The van der Waals surface area contributed by atoms with Crippen LogP contribution in [0.1, 0.15) is 45.1 Å². The summed E-state index contributed by atoms with van der Waals surface area (Å²) in [4.78, 5) is 59.8. The van der Waals surface area contributed by atoms with Gasteiger partial charge in [-0.05, 0) is 50.5 Å². The molecule has 1 atom stereocenters. The predicted molar refractivity (Wildman–Crippen MR) is 127 cm³/mol. The maximum Gasteiger partial charge on any atom is 0.252 e. The highest BCUT2D eigenvalue weighted by Crippen LogP contribution is 2.10. The van der Waals surface area contributed by atoms with Gasteiger partial charge in [-0.3, -0.25) is 28.9 Å². The second kappa shape index (κ2) is 16.1. The molecule has 10 heteroatoms. The first-order chi connectivity index (χ1) is 16.3. The number of hydrogen-bond donors (Lipinski definition) is 3. The van der Waals surface area contributed by atoms with Crippen molar-refractivity contribution in [2.24, 2.45) is 0 Å². The fourth-order valence-corrected chi connectivity index (χ4v) is 2.92. The third-order valence-corrected chi connectivity index (χ3v) is 4.77. The minimum absolute atomic E-state index is 0.215. The number of nitrogens with one attached hydrogen (secondary N) is 3. The van der Waals surface area contributed by atoms with Crippen LogP contribution in [0.15, 0.2) is 36.4 Å². The summed E-state index contributed by atoms with van der Waals surface area (Å²) >= 11 is 0. The van der Waals surface area contributed by atoms with Gasteiger partial charge < -0.3 is 20.7 Å². The van der Waals surface area contributed by atoms with E-state index in [2.05, 4.69) is 16.0 Å². The molecule has 1 aromatic rings. The van der Waals surface area contributed by atoms with Crippen molar-refractivity contribution in [1.29, 1.82) is 0 Å². The Labute approximate surface area is 200 Å². The molecule has 1 aromatic carbocycles. The van der Waals surface area contributed by atoms with Crippen molar-refractivity contribution in [3.63, 3.8) is 0 Å². The maximum atomic E-state index is 12.3. The number of rotatable bonds is 15. The Bertz CT molecular complexity index is 854. The number of hydrogen-bond acceptors (Lipinski definition) is 6. The normalized spacial score (nSPS) is 11.5. The summed E-state index contributed by atoms with van der Waals surface area (Å²) in [5, 5.41) is 7.77. The van der Waals surface area contributed by atoms with Crippen LogP contribution in [0.5, 0.6) is 0 Å². The van der Waals surface area contributed by atoms with Gasteiger partial charge in [-0.2, -0.15) is 0 Å². The Morgan fingerprint density at radius 1 is 1.06 bits per heavy atom. The summed E-state index contributed by atoms with van der Waals surface area (Å²) in [6, 6.07) is 6.38. The monoisotopic (exact) mass is 474 g/mol. The van der Waals surface area contributed by atoms with Crippen molar-refractivity contribution in [2.75, 3.05) is 25.5 Å². The molecule has 0 radical (unpaired) electrons. The van der Waals surface area contributed by atoms with Gasteiger partial charge in [0.1, 0.15) is 6.04 Å². The molecule has 0 saturated heterocycles. The van der Waals surface area contributed by atoms with Crippen molar-refractivity contribution in [2.45, 2.75) is 52.2 Å². The number of unbranched alkanes of at least 4 members (excludes halogenated alkanes) is 2. The number of ether oxygens (including phenoxy) is 1. The van der Waals surface area contributed by atoms with Gasteiger partial charge in [-0.1, -0.05) is 24.6 Å². The largest absolute Gasteiger partial charge is 0.380 e. The van der Waals surface area contributed by atoms with Crippen LogP contribution in [0.3, 0.4) is 0 Å². The third kappa shape index (κ3) is 11.4. The van der Waals surface area contributed by atoms with Crippen LogP contribution in [0.4, 0.5) is 5.69 Å². The highest BCUT2D eigenvalue weighted by molar-refractivity contribution is 5.97. The van der Waals surface area contributed by atoms with Gasteiger partial charge in [0, 0.05) is 25.8 Å². The number of amides is 5. The number of benzene rings is 1. The van der Waals surface area contributed by atoms with Crippen LogP contribution in [-0.2, 0) is 35.3 Å². The fraction of sp³-hybridized carbons (Fsp3) is 0.458. The number of imide groups is 1. The maximum absolute atomic E-state index is 12.3. The van der Waals surface area contributed by atoms with E-state index in [4.69, 9.17) is 4.74 Å². The Morgan fingerprint density at radius 2 is 1.76 bits per heavy atom. The first kappa shape index (κ1) is 28.5. The van der Waals surface area contributed by atoms with E-state index in [0.717, 1.165) is 10.5 Å². The summed E-state index contributed by atoms with van der Waals surface area (Å²) < 4.78 is 5.04. The van der Waals surface area contributed by atoms with E-state index in [1.807, 2.05) is 12.1 Å². The van der Waals surface area contributed by atoms with Gasteiger partial charge in [0.15, 0.2) is 0 Å². The molecule has 5 amide bonds. The van der Waals surface area contributed by atoms with Gasteiger partial charge in [0.05, 0.1) is 13.2 Å². The van der Waals surface area contributed by atoms with Gasteiger partial charge in [0.2, 0.25) is 24.1 Å². The summed E-state index contributed by atoms with van der Waals surface area (Å²) in [5.41, 5.74) is 1.57. The minimum atomic E-state index is -0.783. The average molecular weight is 475 g/mol. The molecule has 0 aromatic heterocycles. The lowest BCUT2D eigenvalue weighted by molar-refractivity contribution is -0.134.